The molecule has 0 N–H and O–H groups in total. The van der Waals surface area contributed by atoms with Crippen molar-refractivity contribution < 1.29 is 0 Å². The zero-order valence-electron chi connectivity index (χ0n) is 51.1. The van der Waals surface area contributed by atoms with Crippen LogP contribution in [0.1, 0.15) is 125 Å². The summed E-state index contributed by atoms with van der Waals surface area (Å²) < 4.78 is 0. The molecule has 86 heavy (non-hydrogen) atoms. The van der Waals surface area contributed by atoms with Gasteiger partial charge in [-0.2, -0.15) is 0 Å². The van der Waals surface area contributed by atoms with Crippen molar-refractivity contribution in [1.82, 2.24) is 0 Å². The summed E-state index contributed by atoms with van der Waals surface area (Å²) >= 11 is 0. The molecule has 0 fully saturated rings. The Morgan fingerprint density at radius 3 is 0.965 bits per heavy atom. The fraction of sp³-hybridized carbons (Fsp3) is 0.143. The Bertz CT molecular complexity index is 4010. The number of anilines is 6. The van der Waals surface area contributed by atoms with Gasteiger partial charge >= 0.3 is 0 Å². The van der Waals surface area contributed by atoms with E-state index in [-0.39, 0.29) is 16.7 Å². The van der Waals surface area contributed by atoms with Crippen LogP contribution in [0.15, 0.2) is 279 Å². The van der Waals surface area contributed by atoms with Crippen molar-refractivity contribution in [3.63, 3.8) is 0 Å². The van der Waals surface area contributed by atoms with Crippen molar-refractivity contribution in [1.29, 1.82) is 0 Å². The highest BCUT2D eigenvalue weighted by Gasteiger charge is 2.27. The number of nitrogens with zero attached hydrogens (tertiary/aromatic N) is 2. The maximum absolute atomic E-state index is 2.45. The third-order valence-electron chi connectivity index (χ3n) is 16.4. The van der Waals surface area contributed by atoms with E-state index in [0.29, 0.717) is 0 Å². The Morgan fingerprint density at radius 1 is 0.326 bits per heavy atom. The van der Waals surface area contributed by atoms with Crippen LogP contribution in [0.5, 0.6) is 0 Å². The summed E-state index contributed by atoms with van der Waals surface area (Å²) in [6, 6.07) is 102. The van der Waals surface area contributed by atoms with Gasteiger partial charge in [0.1, 0.15) is 0 Å². The average molecular weight is 1120 g/mol. The van der Waals surface area contributed by atoms with Crippen LogP contribution in [0.3, 0.4) is 0 Å². The van der Waals surface area contributed by atoms with Crippen LogP contribution >= 0.6 is 0 Å². The van der Waals surface area contributed by atoms with E-state index in [1.807, 2.05) is 0 Å². The van der Waals surface area contributed by atoms with Crippen molar-refractivity contribution in [3.05, 3.63) is 357 Å². The first-order chi connectivity index (χ1) is 41.7. The van der Waals surface area contributed by atoms with E-state index >= 15 is 0 Å². The van der Waals surface area contributed by atoms with E-state index in [9.17, 15) is 0 Å². The second-order valence-corrected chi connectivity index (χ2v) is 24.8. The number of aryl methyl sites for hydroxylation is 2. The molecule has 11 aromatic carbocycles. The summed E-state index contributed by atoms with van der Waals surface area (Å²) in [5, 5.41) is 0. The Kier molecular flexibility index (Phi) is 17.6. The zero-order chi connectivity index (χ0) is 59.6. The zero-order valence-corrected chi connectivity index (χ0v) is 51.1. The molecule has 0 aliphatic heterocycles. The summed E-state index contributed by atoms with van der Waals surface area (Å²) in [4.78, 5) is 4.89. The number of para-hydroxylation sites is 2. The van der Waals surface area contributed by atoms with Crippen LogP contribution in [0, 0.1) is 13.8 Å². The number of benzene rings is 11. The van der Waals surface area contributed by atoms with Crippen LogP contribution in [-0.4, -0.2) is 0 Å². The molecule has 2 heteroatoms. The summed E-state index contributed by atoms with van der Waals surface area (Å²) in [5.41, 5.74) is 25.2. The van der Waals surface area contributed by atoms with Gasteiger partial charge in [-0.1, -0.05) is 296 Å². The number of rotatable bonds is 17. The van der Waals surface area contributed by atoms with Crippen LogP contribution in [-0.2, 0) is 17.3 Å². The molecule has 0 aromatic heterocycles. The van der Waals surface area contributed by atoms with Gasteiger partial charge in [0.2, 0.25) is 0 Å². The Balaban J connectivity index is 0.809. The van der Waals surface area contributed by atoms with Gasteiger partial charge in [-0.05, 0) is 169 Å². The van der Waals surface area contributed by atoms with Gasteiger partial charge in [-0.15, -0.1) is 0 Å². The fourth-order valence-electron chi connectivity index (χ4n) is 11.8. The highest BCUT2D eigenvalue weighted by atomic mass is 15.2. The molecule has 0 saturated carbocycles. The molecule has 0 aliphatic rings. The van der Waals surface area contributed by atoms with E-state index in [1.54, 1.807) is 0 Å². The van der Waals surface area contributed by atoms with Crippen molar-refractivity contribution >= 4 is 70.1 Å². The molecular weight excluding hydrogens is 1040 g/mol. The van der Waals surface area contributed by atoms with Crippen LogP contribution in [0.25, 0.3) is 36.0 Å². The molecule has 0 heterocycles. The normalized spacial score (nSPS) is 11.8. The second kappa shape index (κ2) is 26.0. The van der Waals surface area contributed by atoms with Crippen molar-refractivity contribution in [2.45, 2.75) is 78.6 Å². The Hall–Kier alpha value is -9.76. The molecule has 11 aromatic rings. The van der Waals surface area contributed by atoms with Crippen molar-refractivity contribution in [2.24, 2.45) is 0 Å². The van der Waals surface area contributed by atoms with E-state index in [1.165, 1.54) is 67.0 Å². The van der Waals surface area contributed by atoms with Gasteiger partial charge in [0.05, 0.1) is 11.4 Å². The van der Waals surface area contributed by atoms with E-state index in [2.05, 4.69) is 375 Å². The average Bonchev–Trinajstić information content (AvgIpc) is 2.01. The summed E-state index contributed by atoms with van der Waals surface area (Å²) in [6.45, 7) is 18.3. The first-order valence-corrected chi connectivity index (χ1v) is 30.3. The van der Waals surface area contributed by atoms with Gasteiger partial charge in [-0.25, -0.2) is 0 Å². The molecule has 0 amide bonds. The van der Waals surface area contributed by atoms with Gasteiger partial charge < -0.3 is 9.80 Å². The monoisotopic (exact) mass is 1110 g/mol. The SMILES string of the molecule is Cc1cccc(C(C)(C)C)c1N(c1ccc(C=Cc2ccc(C=Cc3ccc(N(c4ccc(CC(c5ccccc5)c5ccccc5)cc4)c4c(C)cccc4C(C)(C)C)cc3)cc2)cc1)c1ccc(C=C(c2ccccc2)c2ccccc2)cc1. The lowest BCUT2D eigenvalue weighted by molar-refractivity contribution is 0.590. The fourth-order valence-corrected chi connectivity index (χ4v) is 11.8. The maximum atomic E-state index is 2.45. The predicted molar refractivity (Wildman–Crippen MR) is 372 cm³/mol. The van der Waals surface area contributed by atoms with E-state index in [0.717, 1.165) is 57.0 Å². The van der Waals surface area contributed by atoms with Crippen LogP contribution in [0.2, 0.25) is 0 Å². The lowest BCUT2D eigenvalue weighted by atomic mass is 9.84. The highest BCUT2D eigenvalue weighted by Crippen LogP contribution is 2.45. The molecule has 0 spiro atoms. The van der Waals surface area contributed by atoms with Crippen LogP contribution in [0.4, 0.5) is 34.1 Å². The largest absolute Gasteiger partial charge is 0.310 e. The quantitative estimate of drug-likeness (QED) is 0.0839. The molecular formula is C84H78N2. The lowest BCUT2D eigenvalue weighted by Crippen LogP contribution is -2.20. The first-order valence-electron chi connectivity index (χ1n) is 30.3. The van der Waals surface area contributed by atoms with Gasteiger partial charge in [-0.3, -0.25) is 0 Å². The third kappa shape index (κ3) is 13.7. The molecule has 11 rings (SSSR count). The highest BCUT2D eigenvalue weighted by molar-refractivity contribution is 5.92. The van der Waals surface area contributed by atoms with E-state index in [4.69, 9.17) is 0 Å². The molecule has 0 atom stereocenters. The van der Waals surface area contributed by atoms with Gasteiger partial charge in [0.15, 0.2) is 0 Å². The minimum atomic E-state index is -0.0725. The van der Waals surface area contributed by atoms with Gasteiger partial charge in [0, 0.05) is 28.7 Å². The lowest BCUT2D eigenvalue weighted by Gasteiger charge is -2.33. The molecule has 0 unspecified atom stereocenters. The van der Waals surface area contributed by atoms with E-state index < -0.39 is 0 Å². The molecule has 0 radical (unpaired) electrons. The van der Waals surface area contributed by atoms with Crippen molar-refractivity contribution in [2.75, 3.05) is 9.80 Å². The summed E-state index contributed by atoms with van der Waals surface area (Å²) in [6.07, 6.45) is 12.0. The standard InChI is InChI=1S/C84H78N2/c1-61-23-21-33-79(83(3,4)5)81(61)85(75-55-47-67(48-56-75)59-77(69-25-13-9-14-26-69)70-27-15-10-16-28-70)73-51-43-65(44-52-73)41-39-63-35-37-64(38-36-63)40-42-66-45-53-74(54-46-66)86(82-62(2)24-22-34-80(82)84(6,7)8)76-57-49-68(50-58-76)60-78(71-29-17-11-18-30-71)72-31-19-12-20-32-72/h9-59,78H,60H2,1-8H3. The molecule has 0 saturated heterocycles. The Morgan fingerprint density at radius 2 is 0.628 bits per heavy atom. The molecule has 0 aliphatic carbocycles. The smallest absolute Gasteiger partial charge is 0.0528 e. The summed E-state index contributed by atoms with van der Waals surface area (Å²) in [7, 11) is 0. The number of hydrogen-bond donors (Lipinski definition) is 0. The molecule has 424 valence electrons. The summed E-state index contributed by atoms with van der Waals surface area (Å²) in [5.74, 6) is 0.264. The second-order valence-electron chi connectivity index (χ2n) is 24.8. The third-order valence-corrected chi connectivity index (χ3v) is 16.4. The van der Waals surface area contributed by atoms with Crippen LogP contribution < -0.4 is 9.80 Å². The van der Waals surface area contributed by atoms with Crippen molar-refractivity contribution in [3.8, 4) is 0 Å². The number of hydrogen-bond acceptors (Lipinski definition) is 2. The minimum absolute atomic E-state index is 0.0642. The van der Waals surface area contributed by atoms with Gasteiger partial charge in [0.25, 0.3) is 0 Å². The predicted octanol–water partition coefficient (Wildman–Crippen LogP) is 23.1. The molecule has 0 bridgehead atoms. The topological polar surface area (TPSA) is 6.48 Å². The maximum Gasteiger partial charge on any atom is 0.0528 e. The Labute approximate surface area is 512 Å². The minimum Gasteiger partial charge on any atom is -0.310 e. The first kappa shape index (κ1) is 58.0. The molecule has 2 nitrogen and oxygen atoms in total.